The second kappa shape index (κ2) is 3.54. The fourth-order valence-electron chi connectivity index (χ4n) is 0.803. The zero-order valence-corrected chi connectivity index (χ0v) is 7.02. The number of nitriles is 1. The van der Waals surface area contributed by atoms with Gasteiger partial charge in [0.15, 0.2) is 5.69 Å². The van der Waals surface area contributed by atoms with E-state index in [0.717, 1.165) is 6.07 Å². The molecule has 1 heterocycles. The summed E-state index contributed by atoms with van der Waals surface area (Å²) in [4.78, 5) is 3.49. The van der Waals surface area contributed by atoms with E-state index in [1.54, 1.807) is 6.07 Å². The van der Waals surface area contributed by atoms with Crippen LogP contribution in [0.25, 0.3) is 0 Å². The van der Waals surface area contributed by atoms with Gasteiger partial charge < -0.3 is 5.73 Å². The Morgan fingerprint density at radius 1 is 1.62 bits per heavy atom. The van der Waals surface area contributed by atoms with Crippen molar-refractivity contribution in [2.45, 2.75) is 6.43 Å². The summed E-state index contributed by atoms with van der Waals surface area (Å²) < 4.78 is 24.5. The Morgan fingerprint density at radius 2 is 2.23 bits per heavy atom. The van der Waals surface area contributed by atoms with Crippen molar-refractivity contribution >= 4 is 17.4 Å². The van der Waals surface area contributed by atoms with Gasteiger partial charge in [0.05, 0.1) is 5.02 Å². The second-order valence-corrected chi connectivity index (χ2v) is 2.59. The number of nitrogens with two attached hydrogens (primary N) is 1. The Balaban J connectivity index is 3.38. The van der Waals surface area contributed by atoms with E-state index in [9.17, 15) is 8.78 Å². The van der Waals surface area contributed by atoms with Crippen LogP contribution >= 0.6 is 11.6 Å². The average Bonchev–Trinajstić information content (AvgIpc) is 2.08. The van der Waals surface area contributed by atoms with Gasteiger partial charge in [0, 0.05) is 5.56 Å². The van der Waals surface area contributed by atoms with Crippen LogP contribution in [0.5, 0.6) is 0 Å². The largest absolute Gasteiger partial charge is 0.384 e. The number of pyridine rings is 1. The smallest absolute Gasteiger partial charge is 0.265 e. The van der Waals surface area contributed by atoms with Crippen LogP contribution in [-0.4, -0.2) is 4.98 Å². The van der Waals surface area contributed by atoms with Gasteiger partial charge in [0.2, 0.25) is 0 Å². The fourth-order valence-corrected chi connectivity index (χ4v) is 1.02. The molecule has 1 aromatic heterocycles. The van der Waals surface area contributed by atoms with Crippen molar-refractivity contribution in [3.05, 3.63) is 22.3 Å². The van der Waals surface area contributed by atoms with Gasteiger partial charge in [0.25, 0.3) is 6.43 Å². The molecule has 0 bridgehead atoms. The summed E-state index contributed by atoms with van der Waals surface area (Å²) in [7, 11) is 0. The predicted octanol–water partition coefficient (Wildman–Crippen LogP) is 2.13. The van der Waals surface area contributed by atoms with Crippen molar-refractivity contribution < 1.29 is 8.78 Å². The summed E-state index contributed by atoms with van der Waals surface area (Å²) in [6.07, 6.45) is -2.76. The fraction of sp³-hybridized carbons (Fsp3) is 0.143. The van der Waals surface area contributed by atoms with Crippen LogP contribution in [-0.2, 0) is 0 Å². The van der Waals surface area contributed by atoms with E-state index in [4.69, 9.17) is 22.6 Å². The highest BCUT2D eigenvalue weighted by molar-refractivity contribution is 6.32. The molecule has 0 atom stereocenters. The molecule has 0 spiro atoms. The van der Waals surface area contributed by atoms with Gasteiger partial charge in [0.1, 0.15) is 11.9 Å². The molecule has 0 unspecified atom stereocenters. The summed E-state index contributed by atoms with van der Waals surface area (Å²) in [5.74, 6) is -0.142. The first-order valence-electron chi connectivity index (χ1n) is 3.20. The maximum atomic E-state index is 12.2. The van der Waals surface area contributed by atoms with Crippen molar-refractivity contribution in [3.63, 3.8) is 0 Å². The molecule has 0 aliphatic rings. The molecule has 2 N–H and O–H groups in total. The molecule has 1 aromatic rings. The molecular weight excluding hydrogens is 200 g/mol. The Kier molecular flexibility index (Phi) is 2.63. The number of nitrogen functional groups attached to an aromatic ring is 1. The molecule has 0 fully saturated rings. The second-order valence-electron chi connectivity index (χ2n) is 2.21. The average molecular weight is 204 g/mol. The summed E-state index contributed by atoms with van der Waals surface area (Å²) in [6.45, 7) is 0. The third kappa shape index (κ3) is 1.84. The number of anilines is 1. The third-order valence-electron chi connectivity index (χ3n) is 1.35. The number of hydrogen-bond acceptors (Lipinski definition) is 3. The topological polar surface area (TPSA) is 62.7 Å². The van der Waals surface area contributed by atoms with E-state index < -0.39 is 12.0 Å². The molecule has 6 heteroatoms. The van der Waals surface area contributed by atoms with Gasteiger partial charge in [-0.05, 0) is 6.07 Å². The quantitative estimate of drug-likeness (QED) is 0.761. The summed E-state index contributed by atoms with van der Waals surface area (Å²) in [5.41, 5.74) is 4.44. The first-order valence-corrected chi connectivity index (χ1v) is 3.58. The lowest BCUT2D eigenvalue weighted by Crippen LogP contribution is -1.98. The normalized spacial score (nSPS) is 10.1. The monoisotopic (exact) mass is 203 g/mol. The summed E-state index contributed by atoms with van der Waals surface area (Å²) in [6, 6.07) is 2.53. The van der Waals surface area contributed by atoms with E-state index in [2.05, 4.69) is 4.98 Å². The van der Waals surface area contributed by atoms with E-state index in [1.165, 1.54) is 0 Å². The number of aromatic nitrogens is 1. The van der Waals surface area contributed by atoms with Crippen LogP contribution in [0.2, 0.25) is 5.02 Å². The van der Waals surface area contributed by atoms with Gasteiger partial charge in [-0.25, -0.2) is 13.8 Å². The molecule has 1 rings (SSSR count). The van der Waals surface area contributed by atoms with Crippen LogP contribution in [0.1, 0.15) is 17.7 Å². The summed E-state index contributed by atoms with van der Waals surface area (Å²) >= 11 is 5.46. The number of hydrogen-bond donors (Lipinski definition) is 1. The highest BCUT2D eigenvalue weighted by atomic mass is 35.5. The molecule has 68 valence electrons. The van der Waals surface area contributed by atoms with Crippen molar-refractivity contribution in [3.8, 4) is 6.07 Å². The van der Waals surface area contributed by atoms with Gasteiger partial charge in [-0.3, -0.25) is 0 Å². The van der Waals surface area contributed by atoms with E-state index >= 15 is 0 Å². The highest BCUT2D eigenvalue weighted by Crippen LogP contribution is 2.29. The first kappa shape index (κ1) is 9.68. The van der Waals surface area contributed by atoms with Crippen molar-refractivity contribution in [1.82, 2.24) is 4.98 Å². The van der Waals surface area contributed by atoms with Gasteiger partial charge >= 0.3 is 0 Å². The molecule has 0 aliphatic heterocycles. The minimum atomic E-state index is -2.76. The molecule has 13 heavy (non-hydrogen) atoms. The molecule has 0 saturated heterocycles. The Bertz CT molecular complexity index is 373. The summed E-state index contributed by atoms with van der Waals surface area (Å²) in [5, 5.41) is 8.11. The van der Waals surface area contributed by atoms with Crippen LogP contribution in [0.4, 0.5) is 14.6 Å². The Morgan fingerprint density at radius 3 is 2.69 bits per heavy atom. The van der Waals surface area contributed by atoms with Crippen molar-refractivity contribution in [1.29, 1.82) is 5.26 Å². The molecule has 0 amide bonds. The van der Waals surface area contributed by atoms with E-state index in [0.29, 0.717) is 0 Å². The zero-order chi connectivity index (χ0) is 10.0. The van der Waals surface area contributed by atoms with Gasteiger partial charge in [-0.1, -0.05) is 11.6 Å². The van der Waals surface area contributed by atoms with Crippen LogP contribution in [0.3, 0.4) is 0 Å². The molecule has 0 saturated carbocycles. The number of halogens is 3. The Labute approximate surface area is 77.7 Å². The SMILES string of the molecule is N#Cc1nc(N)cc(C(F)F)c1Cl. The lowest BCUT2D eigenvalue weighted by atomic mass is 10.2. The lowest BCUT2D eigenvalue weighted by Gasteiger charge is -2.04. The third-order valence-corrected chi connectivity index (χ3v) is 1.74. The minimum Gasteiger partial charge on any atom is -0.384 e. The zero-order valence-electron chi connectivity index (χ0n) is 6.26. The number of rotatable bonds is 1. The molecule has 0 aromatic carbocycles. The van der Waals surface area contributed by atoms with Crippen molar-refractivity contribution in [2.24, 2.45) is 0 Å². The predicted molar refractivity (Wildman–Crippen MR) is 43.3 cm³/mol. The number of nitrogens with zero attached hydrogens (tertiary/aromatic N) is 2. The van der Waals surface area contributed by atoms with Crippen molar-refractivity contribution in [2.75, 3.05) is 5.73 Å². The standard InChI is InChI=1S/C7H4ClF2N3/c8-6-3(7(9)10)1-5(12)13-4(6)2-11/h1,7H,(H2,12,13). The molecular formula is C7H4ClF2N3. The molecule has 3 nitrogen and oxygen atoms in total. The molecule has 0 aliphatic carbocycles. The lowest BCUT2D eigenvalue weighted by molar-refractivity contribution is 0.151. The maximum Gasteiger partial charge on any atom is 0.265 e. The first-order chi connectivity index (χ1) is 6.06. The maximum absolute atomic E-state index is 12.2. The van der Waals surface area contributed by atoms with E-state index in [1.807, 2.05) is 0 Å². The van der Waals surface area contributed by atoms with Crippen LogP contribution in [0.15, 0.2) is 6.07 Å². The Hall–Kier alpha value is -1.41. The van der Waals surface area contributed by atoms with E-state index in [-0.39, 0.29) is 16.5 Å². The highest BCUT2D eigenvalue weighted by Gasteiger charge is 2.16. The molecule has 0 radical (unpaired) electrons. The van der Waals surface area contributed by atoms with Crippen LogP contribution in [0, 0.1) is 11.3 Å². The minimum absolute atomic E-state index is 0.142. The van der Waals surface area contributed by atoms with Gasteiger partial charge in [-0.15, -0.1) is 0 Å². The van der Waals surface area contributed by atoms with Crippen LogP contribution < -0.4 is 5.73 Å². The van der Waals surface area contributed by atoms with Gasteiger partial charge in [-0.2, -0.15) is 5.26 Å². The number of alkyl halides is 2.